The van der Waals surface area contributed by atoms with Crippen molar-refractivity contribution in [2.75, 3.05) is 12.2 Å². The third-order valence-electron chi connectivity index (χ3n) is 2.32. The molecular formula is C10H9N7O. The van der Waals surface area contributed by atoms with Crippen molar-refractivity contribution in [2.24, 2.45) is 15.5 Å². The Morgan fingerprint density at radius 2 is 2.00 bits per heavy atom. The average Bonchev–Trinajstić information content (AvgIpc) is 3.16. The van der Waals surface area contributed by atoms with Gasteiger partial charge in [0.05, 0.1) is 13.3 Å². The maximum Gasteiger partial charge on any atom is 0.293 e. The molecule has 18 heavy (non-hydrogen) atoms. The Balaban J connectivity index is 1.77. The van der Waals surface area contributed by atoms with E-state index in [-0.39, 0.29) is 0 Å². The van der Waals surface area contributed by atoms with Gasteiger partial charge in [-0.3, -0.25) is 0 Å². The van der Waals surface area contributed by atoms with Gasteiger partial charge in [-0.1, -0.05) is 5.12 Å². The van der Waals surface area contributed by atoms with Crippen LogP contribution in [0.15, 0.2) is 46.1 Å². The summed E-state index contributed by atoms with van der Waals surface area (Å²) in [5, 5.41) is 20.4. The highest BCUT2D eigenvalue weighted by Gasteiger charge is 2.20. The van der Waals surface area contributed by atoms with Crippen LogP contribution < -0.4 is 9.85 Å². The van der Waals surface area contributed by atoms with Crippen LogP contribution in [0.2, 0.25) is 0 Å². The van der Waals surface area contributed by atoms with Gasteiger partial charge in [-0.25, -0.2) is 0 Å². The van der Waals surface area contributed by atoms with E-state index in [9.17, 15) is 0 Å². The highest BCUT2D eigenvalue weighted by molar-refractivity contribution is 5.79. The number of aromatic nitrogens is 3. The van der Waals surface area contributed by atoms with E-state index in [4.69, 9.17) is 4.74 Å². The molecule has 8 nitrogen and oxygen atoms in total. The Kier molecular flexibility index (Phi) is 2.45. The zero-order valence-electron chi connectivity index (χ0n) is 9.50. The zero-order chi connectivity index (χ0) is 12.4. The monoisotopic (exact) mass is 243 g/mol. The fourth-order valence-electron chi connectivity index (χ4n) is 1.36. The van der Waals surface area contributed by atoms with E-state index >= 15 is 0 Å². The van der Waals surface area contributed by atoms with Crippen molar-refractivity contribution in [1.82, 2.24) is 14.9 Å². The van der Waals surface area contributed by atoms with Gasteiger partial charge in [-0.05, 0) is 40.3 Å². The topological polar surface area (TPSA) is 80.0 Å². The van der Waals surface area contributed by atoms with Gasteiger partial charge >= 0.3 is 0 Å². The Morgan fingerprint density at radius 1 is 1.22 bits per heavy atom. The summed E-state index contributed by atoms with van der Waals surface area (Å²) in [7, 11) is 1.63. The van der Waals surface area contributed by atoms with Crippen molar-refractivity contribution in [1.29, 1.82) is 0 Å². The van der Waals surface area contributed by atoms with Crippen molar-refractivity contribution in [3.05, 3.63) is 36.2 Å². The summed E-state index contributed by atoms with van der Waals surface area (Å²) < 4.78 is 6.57. The van der Waals surface area contributed by atoms with Gasteiger partial charge in [0.1, 0.15) is 12.1 Å². The summed E-state index contributed by atoms with van der Waals surface area (Å²) in [6, 6.07) is 7.53. The fraction of sp³-hybridized carbons (Fsp3) is 0.100. The van der Waals surface area contributed by atoms with Crippen LogP contribution in [0.3, 0.4) is 0 Å². The average molecular weight is 243 g/mol. The summed E-state index contributed by atoms with van der Waals surface area (Å²) in [6.45, 7) is 0. The van der Waals surface area contributed by atoms with Crippen LogP contribution in [-0.2, 0) is 0 Å². The molecule has 90 valence electrons. The molecule has 1 aromatic heterocycles. The van der Waals surface area contributed by atoms with Gasteiger partial charge in [0.25, 0.3) is 5.95 Å². The first kappa shape index (κ1) is 10.4. The zero-order valence-corrected chi connectivity index (χ0v) is 9.50. The highest BCUT2D eigenvalue weighted by atomic mass is 16.5. The Morgan fingerprint density at radius 3 is 2.67 bits per heavy atom. The van der Waals surface area contributed by atoms with Crippen LogP contribution in [0.5, 0.6) is 5.75 Å². The maximum absolute atomic E-state index is 5.08. The van der Waals surface area contributed by atoms with Gasteiger partial charge in [0.2, 0.25) is 0 Å². The second-order valence-electron chi connectivity index (χ2n) is 3.46. The minimum Gasteiger partial charge on any atom is -0.497 e. The normalized spacial score (nSPS) is 13.3. The van der Waals surface area contributed by atoms with Crippen LogP contribution in [0.4, 0.5) is 5.95 Å². The molecule has 1 aliphatic rings. The van der Waals surface area contributed by atoms with Gasteiger partial charge in [-0.15, -0.1) is 10.2 Å². The van der Waals surface area contributed by atoms with Crippen molar-refractivity contribution < 1.29 is 4.74 Å². The van der Waals surface area contributed by atoms with E-state index in [0.717, 1.165) is 11.3 Å². The van der Waals surface area contributed by atoms with Gasteiger partial charge < -0.3 is 4.74 Å². The summed E-state index contributed by atoms with van der Waals surface area (Å²) >= 11 is 0. The second-order valence-corrected chi connectivity index (χ2v) is 3.46. The van der Waals surface area contributed by atoms with E-state index in [1.807, 2.05) is 24.3 Å². The molecule has 8 heteroatoms. The molecule has 1 aromatic carbocycles. The van der Waals surface area contributed by atoms with E-state index in [1.54, 1.807) is 13.3 Å². The molecule has 0 atom stereocenters. The molecule has 2 aromatic rings. The third kappa shape index (κ3) is 2.03. The number of methoxy groups -OCH3 is 1. The molecule has 0 fully saturated rings. The summed E-state index contributed by atoms with van der Waals surface area (Å²) in [5.74, 6) is 1.26. The number of hydrogen-bond donors (Lipinski definition) is 0. The molecule has 0 N–H and O–H groups in total. The van der Waals surface area contributed by atoms with E-state index in [0.29, 0.717) is 5.95 Å². The standard InChI is InChI=1S/C10H9N7O/c1-18-9-4-2-8(3-5-9)6-12-16-7-11-13-10(16)17-14-15-17/h2-7H,1H3/b12-6+. The number of hydrogen-bond acceptors (Lipinski definition) is 7. The van der Waals surface area contributed by atoms with Crippen molar-refractivity contribution >= 4 is 12.2 Å². The van der Waals surface area contributed by atoms with Gasteiger partial charge in [0, 0.05) is 0 Å². The van der Waals surface area contributed by atoms with Crippen LogP contribution in [0.1, 0.15) is 5.56 Å². The number of ether oxygens (including phenoxy) is 1. The molecule has 0 saturated carbocycles. The van der Waals surface area contributed by atoms with E-state index in [1.165, 1.54) is 16.1 Å². The van der Waals surface area contributed by atoms with Crippen molar-refractivity contribution in [3.8, 4) is 5.75 Å². The van der Waals surface area contributed by atoms with Crippen molar-refractivity contribution in [3.63, 3.8) is 0 Å². The quantitative estimate of drug-likeness (QED) is 0.757. The lowest BCUT2D eigenvalue weighted by atomic mass is 10.2. The molecule has 1 aliphatic heterocycles. The lowest BCUT2D eigenvalue weighted by Gasteiger charge is -1.99. The van der Waals surface area contributed by atoms with Gasteiger partial charge in [-0.2, -0.15) is 9.78 Å². The molecule has 0 saturated heterocycles. The number of nitrogens with zero attached hydrogens (tertiary/aromatic N) is 7. The van der Waals surface area contributed by atoms with Crippen LogP contribution in [0.25, 0.3) is 0 Å². The summed E-state index contributed by atoms with van der Waals surface area (Å²) in [5.41, 5.74) is 0.940. The van der Waals surface area contributed by atoms with Crippen LogP contribution >= 0.6 is 0 Å². The first-order valence-corrected chi connectivity index (χ1v) is 5.17. The molecule has 0 aliphatic carbocycles. The minimum absolute atomic E-state index is 0.458. The molecule has 0 radical (unpaired) electrons. The first-order chi connectivity index (χ1) is 8.86. The molecule has 3 rings (SSSR count). The summed E-state index contributed by atoms with van der Waals surface area (Å²) in [6.07, 6.45) is 3.18. The summed E-state index contributed by atoms with van der Waals surface area (Å²) in [4.78, 5) is 0. The van der Waals surface area contributed by atoms with E-state index < -0.39 is 0 Å². The third-order valence-corrected chi connectivity index (χ3v) is 2.32. The number of benzene rings is 1. The lowest BCUT2D eigenvalue weighted by Crippen LogP contribution is -1.99. The molecular weight excluding hydrogens is 234 g/mol. The molecule has 0 bridgehead atoms. The first-order valence-electron chi connectivity index (χ1n) is 5.17. The van der Waals surface area contributed by atoms with Crippen molar-refractivity contribution in [2.45, 2.75) is 0 Å². The van der Waals surface area contributed by atoms with Gasteiger partial charge in [0.15, 0.2) is 0 Å². The second kappa shape index (κ2) is 4.24. The molecule has 2 heterocycles. The number of anilines is 1. The molecule has 0 unspecified atom stereocenters. The van der Waals surface area contributed by atoms with Crippen LogP contribution in [0, 0.1) is 0 Å². The highest BCUT2D eigenvalue weighted by Crippen LogP contribution is 2.19. The molecule has 0 spiro atoms. The minimum atomic E-state index is 0.458. The Bertz CT molecular complexity index is 595. The Labute approximate surface area is 102 Å². The smallest absolute Gasteiger partial charge is 0.293 e. The predicted octanol–water partition coefficient (Wildman–Crippen LogP) is 1.27. The largest absolute Gasteiger partial charge is 0.497 e. The lowest BCUT2D eigenvalue weighted by molar-refractivity contribution is 0.415. The fourth-order valence-corrected chi connectivity index (χ4v) is 1.36. The predicted molar refractivity (Wildman–Crippen MR) is 63.3 cm³/mol. The maximum atomic E-state index is 5.08. The molecule has 0 amide bonds. The van der Waals surface area contributed by atoms with E-state index in [2.05, 4.69) is 25.7 Å². The number of rotatable bonds is 4. The van der Waals surface area contributed by atoms with Crippen LogP contribution in [-0.4, -0.2) is 28.2 Å². The Hall–Kier alpha value is -2.77. The SMILES string of the molecule is COc1ccc(/C=N/n2cnnc2N2N=N2)cc1.